The van der Waals surface area contributed by atoms with E-state index in [1.807, 2.05) is 0 Å². The van der Waals surface area contributed by atoms with E-state index in [0.29, 0.717) is 25.9 Å². The molecule has 0 radical (unpaired) electrons. The Balaban J connectivity index is 1.91. The number of nitrogens with zero attached hydrogens (tertiary/aromatic N) is 3. The number of halogens is 3. The molecule has 0 bridgehead atoms. The molecule has 1 aromatic rings. The first-order chi connectivity index (χ1) is 11.3. The Hall–Kier alpha value is -2.65. The van der Waals surface area contributed by atoms with Crippen LogP contribution < -0.4 is 10.2 Å². The lowest BCUT2D eigenvalue weighted by molar-refractivity contribution is -0.141. The molecule has 1 aromatic heterocycles. The first-order valence-corrected chi connectivity index (χ1v) is 7.12. The van der Waals surface area contributed by atoms with Crippen molar-refractivity contribution in [2.24, 2.45) is 0 Å². The second-order valence-electron chi connectivity index (χ2n) is 5.18. The molecule has 1 aliphatic heterocycles. The summed E-state index contributed by atoms with van der Waals surface area (Å²) in [6.45, 7) is 0.768. The lowest BCUT2D eigenvalue weighted by Crippen LogP contribution is -2.44. The molecule has 24 heavy (non-hydrogen) atoms. The first-order valence-electron chi connectivity index (χ1n) is 7.12. The topological polar surface area (TPSA) is 95.4 Å². The number of anilines is 1. The monoisotopic (exact) mass is 344 g/mol. The molecule has 0 aliphatic carbocycles. The number of carboxylic acids is 1. The van der Waals surface area contributed by atoms with Crippen molar-refractivity contribution < 1.29 is 27.9 Å². The zero-order valence-electron chi connectivity index (χ0n) is 12.5. The average Bonchev–Trinajstić information content (AvgIpc) is 2.53. The van der Waals surface area contributed by atoms with Crippen molar-refractivity contribution in [2.45, 2.75) is 25.1 Å². The van der Waals surface area contributed by atoms with Crippen LogP contribution in [0.2, 0.25) is 0 Å². The predicted octanol–water partition coefficient (Wildman–Crippen LogP) is 1.22. The maximum atomic E-state index is 12.7. The second kappa shape index (κ2) is 7.28. The van der Waals surface area contributed by atoms with Crippen molar-refractivity contribution in [2.75, 3.05) is 18.0 Å². The van der Waals surface area contributed by atoms with E-state index in [-0.39, 0.29) is 12.0 Å². The van der Waals surface area contributed by atoms with Crippen molar-refractivity contribution in [1.29, 1.82) is 0 Å². The predicted molar refractivity (Wildman–Crippen MR) is 77.2 cm³/mol. The lowest BCUT2D eigenvalue weighted by atomic mass is 10.1. The summed E-state index contributed by atoms with van der Waals surface area (Å²) in [7, 11) is 0. The van der Waals surface area contributed by atoms with Crippen molar-refractivity contribution in [3.63, 3.8) is 0 Å². The summed E-state index contributed by atoms with van der Waals surface area (Å²) in [4.78, 5) is 30.8. The van der Waals surface area contributed by atoms with E-state index < -0.39 is 23.7 Å². The van der Waals surface area contributed by atoms with Gasteiger partial charge in [-0.05, 0) is 18.9 Å². The summed E-state index contributed by atoms with van der Waals surface area (Å²) < 4.78 is 38.0. The summed E-state index contributed by atoms with van der Waals surface area (Å²) in [6, 6.07) is 0.628. The Morgan fingerprint density at radius 1 is 1.29 bits per heavy atom. The van der Waals surface area contributed by atoms with Crippen molar-refractivity contribution in [3.05, 3.63) is 30.1 Å². The van der Waals surface area contributed by atoms with E-state index in [1.54, 1.807) is 4.90 Å². The molecule has 1 saturated heterocycles. The van der Waals surface area contributed by atoms with Crippen molar-refractivity contribution >= 4 is 17.8 Å². The lowest BCUT2D eigenvalue weighted by Gasteiger charge is -2.32. The molecule has 2 rings (SSSR count). The Kier molecular flexibility index (Phi) is 5.37. The molecule has 130 valence electrons. The van der Waals surface area contributed by atoms with E-state index in [9.17, 15) is 22.8 Å². The van der Waals surface area contributed by atoms with Gasteiger partial charge in [-0.25, -0.2) is 14.8 Å². The zero-order valence-corrected chi connectivity index (χ0v) is 12.5. The number of carbonyl (C=O) groups excluding carboxylic acids is 1. The molecule has 0 unspecified atom stereocenters. The smallest absolute Gasteiger partial charge is 0.433 e. The first kappa shape index (κ1) is 17.7. The van der Waals surface area contributed by atoms with Crippen molar-refractivity contribution in [1.82, 2.24) is 15.3 Å². The highest BCUT2D eigenvalue weighted by Crippen LogP contribution is 2.28. The molecule has 0 spiro atoms. The van der Waals surface area contributed by atoms with E-state index in [2.05, 4.69) is 15.3 Å². The van der Waals surface area contributed by atoms with Crippen LogP contribution >= 0.6 is 0 Å². The number of carbonyl (C=O) groups is 2. The third-order valence-corrected chi connectivity index (χ3v) is 3.43. The maximum Gasteiger partial charge on any atom is 0.433 e. The van der Waals surface area contributed by atoms with Crippen LogP contribution in [0.1, 0.15) is 18.5 Å². The van der Waals surface area contributed by atoms with Crippen LogP contribution in [0.5, 0.6) is 0 Å². The molecule has 1 aliphatic rings. The number of alkyl halides is 3. The SMILES string of the molecule is O=C(O)C=CC(=O)NC1CCN(c2nccc(C(F)(F)F)n2)CC1. The average molecular weight is 344 g/mol. The van der Waals surface area contributed by atoms with Gasteiger partial charge in [0.2, 0.25) is 11.9 Å². The fraction of sp³-hybridized carbons (Fsp3) is 0.429. The number of aromatic nitrogens is 2. The molecule has 10 heteroatoms. The minimum atomic E-state index is -4.53. The third kappa shape index (κ3) is 4.93. The normalized spacial score (nSPS) is 16.4. The molecule has 7 nitrogen and oxygen atoms in total. The van der Waals surface area contributed by atoms with Crippen LogP contribution in [0.15, 0.2) is 24.4 Å². The molecule has 0 saturated carbocycles. The zero-order chi connectivity index (χ0) is 17.7. The number of aliphatic carboxylic acids is 1. The van der Waals surface area contributed by atoms with E-state index >= 15 is 0 Å². The summed E-state index contributed by atoms with van der Waals surface area (Å²) >= 11 is 0. The second-order valence-corrected chi connectivity index (χ2v) is 5.18. The number of hydrogen-bond acceptors (Lipinski definition) is 5. The van der Waals surface area contributed by atoms with Crippen LogP contribution in [0.3, 0.4) is 0 Å². The van der Waals surface area contributed by atoms with Gasteiger partial charge < -0.3 is 15.3 Å². The largest absolute Gasteiger partial charge is 0.478 e. The fourth-order valence-corrected chi connectivity index (χ4v) is 2.28. The van der Waals surface area contributed by atoms with Gasteiger partial charge in [0.05, 0.1) is 0 Å². The number of nitrogens with one attached hydrogen (secondary N) is 1. The van der Waals surface area contributed by atoms with Crippen LogP contribution in [0.25, 0.3) is 0 Å². The van der Waals surface area contributed by atoms with Gasteiger partial charge in [0.15, 0.2) is 0 Å². The van der Waals surface area contributed by atoms with Crippen LogP contribution in [-0.4, -0.2) is 46.1 Å². The van der Waals surface area contributed by atoms with Crippen LogP contribution in [0.4, 0.5) is 19.1 Å². The van der Waals surface area contributed by atoms with Gasteiger partial charge in [-0.15, -0.1) is 0 Å². The summed E-state index contributed by atoms with van der Waals surface area (Å²) in [5.74, 6) is -1.74. The van der Waals surface area contributed by atoms with Gasteiger partial charge in [-0.2, -0.15) is 13.2 Å². The molecule has 1 amide bonds. The Labute approximate surface area is 135 Å². The maximum absolute atomic E-state index is 12.7. The van der Waals surface area contributed by atoms with Crippen LogP contribution in [-0.2, 0) is 15.8 Å². The standard InChI is InChI=1S/C14H15F3N4O3/c15-14(16,17)10-3-6-18-13(20-10)21-7-4-9(5-8-21)19-11(22)1-2-12(23)24/h1-3,6,9H,4-5,7-8H2,(H,19,22)(H,23,24). The quantitative estimate of drug-likeness (QED) is 0.798. The summed E-state index contributed by atoms with van der Waals surface area (Å²) in [5.41, 5.74) is -0.998. The highest BCUT2D eigenvalue weighted by Gasteiger charge is 2.33. The van der Waals surface area contributed by atoms with Gasteiger partial charge in [-0.1, -0.05) is 0 Å². The van der Waals surface area contributed by atoms with Gasteiger partial charge in [0.1, 0.15) is 5.69 Å². The molecular formula is C14H15F3N4O3. The van der Waals surface area contributed by atoms with Crippen LogP contribution in [0, 0.1) is 0 Å². The molecule has 0 aromatic carbocycles. The Morgan fingerprint density at radius 3 is 2.54 bits per heavy atom. The number of rotatable bonds is 4. The van der Waals surface area contributed by atoms with E-state index in [1.165, 1.54) is 0 Å². The molecule has 1 fully saturated rings. The molecule has 2 heterocycles. The fourth-order valence-electron chi connectivity index (χ4n) is 2.28. The van der Waals surface area contributed by atoms with Gasteiger partial charge in [0.25, 0.3) is 0 Å². The van der Waals surface area contributed by atoms with Crippen molar-refractivity contribution in [3.8, 4) is 0 Å². The number of amides is 1. The third-order valence-electron chi connectivity index (χ3n) is 3.43. The number of piperidine rings is 1. The highest BCUT2D eigenvalue weighted by atomic mass is 19.4. The molecule has 0 atom stereocenters. The minimum absolute atomic E-state index is 0.000347. The number of carboxylic acid groups (broad SMARTS) is 1. The summed E-state index contributed by atoms with van der Waals surface area (Å²) in [5, 5.41) is 11.1. The van der Waals surface area contributed by atoms with Gasteiger partial charge in [-0.3, -0.25) is 4.79 Å². The Bertz CT molecular complexity index is 640. The summed E-state index contributed by atoms with van der Waals surface area (Å²) in [6.07, 6.45) is -0.819. The molecule has 2 N–H and O–H groups in total. The minimum Gasteiger partial charge on any atom is -0.478 e. The number of hydrogen-bond donors (Lipinski definition) is 2. The van der Waals surface area contributed by atoms with Gasteiger partial charge >= 0.3 is 12.1 Å². The van der Waals surface area contributed by atoms with E-state index in [4.69, 9.17) is 5.11 Å². The molecular weight excluding hydrogens is 329 g/mol. The van der Waals surface area contributed by atoms with E-state index in [0.717, 1.165) is 24.4 Å². The van der Waals surface area contributed by atoms with Gasteiger partial charge in [0, 0.05) is 37.5 Å². The highest BCUT2D eigenvalue weighted by molar-refractivity contribution is 5.94. The Morgan fingerprint density at radius 2 is 1.96 bits per heavy atom.